The van der Waals surface area contributed by atoms with E-state index in [9.17, 15) is 0 Å². The molecule has 0 aromatic rings. The fraction of sp³-hybridized carbons (Fsp3) is 0.933. The largest absolute Gasteiger partial charge is 0.377 e. The Morgan fingerprint density at radius 2 is 1.95 bits per heavy atom. The first kappa shape index (κ1) is 18.0. The van der Waals surface area contributed by atoms with E-state index < -0.39 is 0 Å². The molecule has 2 N–H and O–H groups in total. The number of nitrogens with one attached hydrogen (secondary N) is 2. The van der Waals surface area contributed by atoms with Gasteiger partial charge in [0.05, 0.1) is 5.60 Å². The SMILES string of the molecule is CN=C(NCC(C)(C)OC)NCC1(C2CC2)CCC1.I. The van der Waals surface area contributed by atoms with Crippen molar-refractivity contribution in [3.63, 3.8) is 0 Å². The van der Waals surface area contributed by atoms with Crippen LogP contribution in [-0.4, -0.2) is 38.8 Å². The van der Waals surface area contributed by atoms with Gasteiger partial charge >= 0.3 is 0 Å². The van der Waals surface area contributed by atoms with E-state index in [-0.39, 0.29) is 29.6 Å². The van der Waals surface area contributed by atoms with Crippen LogP contribution in [0.2, 0.25) is 0 Å². The van der Waals surface area contributed by atoms with Crippen molar-refractivity contribution in [2.75, 3.05) is 27.2 Å². The average molecular weight is 395 g/mol. The molecule has 118 valence electrons. The molecular weight excluding hydrogens is 365 g/mol. The number of halogens is 1. The summed E-state index contributed by atoms with van der Waals surface area (Å²) in [6.45, 7) is 5.99. The summed E-state index contributed by atoms with van der Waals surface area (Å²) in [6.07, 6.45) is 7.06. The minimum Gasteiger partial charge on any atom is -0.377 e. The highest BCUT2D eigenvalue weighted by molar-refractivity contribution is 14.0. The van der Waals surface area contributed by atoms with Crippen LogP contribution >= 0.6 is 24.0 Å². The molecule has 0 aliphatic heterocycles. The highest BCUT2D eigenvalue weighted by Crippen LogP contribution is 2.56. The molecule has 0 atom stereocenters. The summed E-state index contributed by atoms with van der Waals surface area (Å²) in [6, 6.07) is 0. The van der Waals surface area contributed by atoms with Gasteiger partial charge in [0.25, 0.3) is 0 Å². The Morgan fingerprint density at radius 3 is 2.35 bits per heavy atom. The van der Waals surface area contributed by atoms with Crippen molar-refractivity contribution in [2.45, 2.75) is 51.6 Å². The summed E-state index contributed by atoms with van der Waals surface area (Å²) >= 11 is 0. The van der Waals surface area contributed by atoms with Crippen LogP contribution in [-0.2, 0) is 4.74 Å². The quantitative estimate of drug-likeness (QED) is 0.413. The average Bonchev–Trinajstić information content (AvgIpc) is 3.16. The van der Waals surface area contributed by atoms with E-state index in [1.807, 2.05) is 7.05 Å². The van der Waals surface area contributed by atoms with Gasteiger partial charge in [0.15, 0.2) is 5.96 Å². The molecule has 2 fully saturated rings. The molecule has 0 bridgehead atoms. The fourth-order valence-corrected chi connectivity index (χ4v) is 2.91. The van der Waals surface area contributed by atoms with Crippen LogP contribution in [0.4, 0.5) is 0 Å². The van der Waals surface area contributed by atoms with Gasteiger partial charge in [0.1, 0.15) is 0 Å². The number of guanidine groups is 1. The Bertz CT molecular complexity index is 336. The van der Waals surface area contributed by atoms with Crippen LogP contribution in [0.1, 0.15) is 46.0 Å². The standard InChI is InChI=1S/C15H29N3O.HI/c1-14(2,19-4)10-17-13(16-3)18-11-15(8-5-9-15)12-6-7-12;/h12H,5-11H2,1-4H3,(H2,16,17,18);1H. The molecule has 0 unspecified atom stereocenters. The smallest absolute Gasteiger partial charge is 0.191 e. The predicted octanol–water partition coefficient (Wildman–Crippen LogP) is 2.77. The normalized spacial score (nSPS) is 21.7. The molecular formula is C15H30IN3O. The zero-order valence-corrected chi connectivity index (χ0v) is 15.6. The predicted molar refractivity (Wildman–Crippen MR) is 94.9 cm³/mol. The maximum Gasteiger partial charge on any atom is 0.191 e. The van der Waals surface area contributed by atoms with Crippen LogP contribution in [0.25, 0.3) is 0 Å². The minimum atomic E-state index is -0.164. The van der Waals surface area contributed by atoms with Gasteiger partial charge in [-0.15, -0.1) is 24.0 Å². The number of ether oxygens (including phenoxy) is 1. The third-order valence-corrected chi connectivity index (χ3v) is 4.86. The van der Waals surface area contributed by atoms with Crippen molar-refractivity contribution in [2.24, 2.45) is 16.3 Å². The maximum absolute atomic E-state index is 5.41. The first-order chi connectivity index (χ1) is 9.01. The maximum atomic E-state index is 5.41. The van der Waals surface area contributed by atoms with Gasteiger partial charge in [-0.2, -0.15) is 0 Å². The molecule has 2 rings (SSSR count). The van der Waals surface area contributed by atoms with Crippen molar-refractivity contribution in [1.29, 1.82) is 0 Å². The molecule has 0 aromatic heterocycles. The Kier molecular flexibility index (Phi) is 6.57. The molecule has 0 amide bonds. The second-order valence-electron chi connectivity index (χ2n) is 6.73. The van der Waals surface area contributed by atoms with E-state index in [1.54, 1.807) is 7.11 Å². The number of hydrogen-bond acceptors (Lipinski definition) is 2. The molecule has 0 saturated heterocycles. The number of hydrogen-bond donors (Lipinski definition) is 2. The minimum absolute atomic E-state index is 0. The first-order valence-electron chi connectivity index (χ1n) is 7.51. The van der Waals surface area contributed by atoms with E-state index >= 15 is 0 Å². The van der Waals surface area contributed by atoms with E-state index in [2.05, 4.69) is 29.5 Å². The molecule has 2 saturated carbocycles. The second kappa shape index (κ2) is 7.29. The Labute approximate surface area is 140 Å². The molecule has 2 aliphatic carbocycles. The molecule has 4 nitrogen and oxygen atoms in total. The van der Waals surface area contributed by atoms with Gasteiger partial charge in [-0.3, -0.25) is 4.99 Å². The lowest BCUT2D eigenvalue weighted by molar-refractivity contribution is 0.0267. The Balaban J connectivity index is 0.00000200. The van der Waals surface area contributed by atoms with Crippen molar-refractivity contribution < 1.29 is 4.74 Å². The Morgan fingerprint density at radius 1 is 1.30 bits per heavy atom. The highest BCUT2D eigenvalue weighted by Gasteiger charge is 2.48. The van der Waals surface area contributed by atoms with E-state index in [4.69, 9.17) is 4.74 Å². The van der Waals surface area contributed by atoms with Gasteiger partial charge in [-0.05, 0) is 50.9 Å². The first-order valence-corrected chi connectivity index (χ1v) is 7.51. The molecule has 0 spiro atoms. The monoisotopic (exact) mass is 395 g/mol. The fourth-order valence-electron chi connectivity index (χ4n) is 2.91. The van der Waals surface area contributed by atoms with Crippen LogP contribution in [0.15, 0.2) is 4.99 Å². The van der Waals surface area contributed by atoms with Crippen molar-refractivity contribution in [3.05, 3.63) is 0 Å². The second-order valence-corrected chi connectivity index (χ2v) is 6.73. The van der Waals surface area contributed by atoms with Crippen LogP contribution in [0.5, 0.6) is 0 Å². The summed E-state index contributed by atoms with van der Waals surface area (Å²) in [5.41, 5.74) is 0.413. The number of methoxy groups -OCH3 is 1. The van der Waals surface area contributed by atoms with E-state index in [0.29, 0.717) is 5.41 Å². The summed E-state index contributed by atoms with van der Waals surface area (Å²) in [7, 11) is 3.58. The summed E-state index contributed by atoms with van der Waals surface area (Å²) in [4.78, 5) is 4.31. The zero-order valence-electron chi connectivity index (χ0n) is 13.3. The highest BCUT2D eigenvalue weighted by atomic mass is 127. The van der Waals surface area contributed by atoms with Gasteiger partial charge in [-0.25, -0.2) is 0 Å². The van der Waals surface area contributed by atoms with E-state index in [1.165, 1.54) is 32.1 Å². The van der Waals surface area contributed by atoms with Crippen LogP contribution in [0, 0.1) is 11.3 Å². The molecule has 5 heteroatoms. The lowest BCUT2D eigenvalue weighted by Gasteiger charge is -2.43. The summed E-state index contributed by atoms with van der Waals surface area (Å²) in [5.74, 6) is 1.87. The molecule has 0 heterocycles. The Hall–Kier alpha value is -0.0400. The van der Waals surface area contributed by atoms with Gasteiger partial charge < -0.3 is 15.4 Å². The number of nitrogens with zero attached hydrogens (tertiary/aromatic N) is 1. The molecule has 0 radical (unpaired) electrons. The summed E-state index contributed by atoms with van der Waals surface area (Å²) < 4.78 is 5.41. The lowest BCUT2D eigenvalue weighted by atomic mass is 9.65. The number of aliphatic imine (C=N–C) groups is 1. The molecule has 20 heavy (non-hydrogen) atoms. The zero-order chi connectivity index (χ0) is 13.9. The third-order valence-electron chi connectivity index (χ3n) is 4.86. The van der Waals surface area contributed by atoms with Crippen molar-refractivity contribution >= 4 is 29.9 Å². The molecule has 2 aliphatic rings. The van der Waals surface area contributed by atoms with Crippen molar-refractivity contribution in [1.82, 2.24) is 10.6 Å². The lowest BCUT2D eigenvalue weighted by Crippen LogP contribution is -2.50. The van der Waals surface area contributed by atoms with E-state index in [0.717, 1.165) is 25.0 Å². The van der Waals surface area contributed by atoms with Gasteiger partial charge in [0.2, 0.25) is 0 Å². The topological polar surface area (TPSA) is 45.7 Å². The van der Waals surface area contributed by atoms with Crippen molar-refractivity contribution in [3.8, 4) is 0 Å². The van der Waals surface area contributed by atoms with Crippen LogP contribution in [0.3, 0.4) is 0 Å². The van der Waals surface area contributed by atoms with Gasteiger partial charge in [0, 0.05) is 27.2 Å². The van der Waals surface area contributed by atoms with Crippen LogP contribution < -0.4 is 10.6 Å². The third kappa shape index (κ3) is 4.48. The van der Waals surface area contributed by atoms with Gasteiger partial charge in [-0.1, -0.05) is 6.42 Å². The summed E-state index contributed by atoms with van der Waals surface area (Å²) in [5, 5.41) is 6.87. The number of rotatable bonds is 6. The molecule has 0 aromatic carbocycles.